The van der Waals surface area contributed by atoms with Gasteiger partial charge < -0.3 is 5.11 Å². The first-order chi connectivity index (χ1) is 5.82. The van der Waals surface area contributed by atoms with Gasteiger partial charge in [0.05, 0.1) is 8.07 Å². The Kier molecular flexibility index (Phi) is 2.53. The number of phenolic OH excluding ortho intramolecular Hbond substituents is 1. The second-order valence-corrected chi connectivity index (χ2v) is 9.72. The van der Waals surface area contributed by atoms with Gasteiger partial charge in [-0.3, -0.25) is 0 Å². The van der Waals surface area contributed by atoms with Crippen LogP contribution in [0.5, 0.6) is 5.75 Å². The molecule has 0 unspecified atom stereocenters. The van der Waals surface area contributed by atoms with Crippen molar-refractivity contribution in [3.05, 3.63) is 23.3 Å². The van der Waals surface area contributed by atoms with E-state index in [1.807, 2.05) is 12.1 Å². The van der Waals surface area contributed by atoms with E-state index in [0.29, 0.717) is 5.75 Å². The van der Waals surface area contributed by atoms with Crippen LogP contribution in [-0.4, -0.2) is 13.2 Å². The number of hydrogen-bond acceptors (Lipinski definition) is 1. The molecule has 1 rings (SSSR count). The van der Waals surface area contributed by atoms with E-state index in [1.165, 1.54) is 16.3 Å². The van der Waals surface area contributed by atoms with E-state index in [9.17, 15) is 5.11 Å². The lowest BCUT2D eigenvalue weighted by Gasteiger charge is -2.21. The predicted molar refractivity (Wildman–Crippen MR) is 60.6 cm³/mol. The maximum atomic E-state index is 9.50. The molecule has 1 aromatic carbocycles. The standard InChI is InChI=1S/C11H18OSi/c1-8-6-10(12)7-11(9(8)2)13(3,4)5/h6-7,12H,1-5H3. The lowest BCUT2D eigenvalue weighted by atomic mass is 10.1. The van der Waals surface area contributed by atoms with Gasteiger partial charge in [0.25, 0.3) is 0 Å². The molecule has 0 radical (unpaired) electrons. The fourth-order valence-electron chi connectivity index (χ4n) is 1.62. The molecule has 2 heteroatoms. The molecule has 0 heterocycles. The molecule has 0 saturated heterocycles. The summed E-state index contributed by atoms with van der Waals surface area (Å²) in [5.74, 6) is 0.403. The summed E-state index contributed by atoms with van der Waals surface area (Å²) in [6.45, 7) is 11.1. The van der Waals surface area contributed by atoms with Gasteiger partial charge in [0.2, 0.25) is 0 Å². The van der Waals surface area contributed by atoms with Crippen LogP contribution in [0.15, 0.2) is 12.1 Å². The number of hydrogen-bond donors (Lipinski definition) is 1. The highest BCUT2D eigenvalue weighted by Gasteiger charge is 2.20. The van der Waals surface area contributed by atoms with Crippen molar-refractivity contribution in [2.24, 2.45) is 0 Å². The lowest BCUT2D eigenvalue weighted by Crippen LogP contribution is -2.39. The molecular weight excluding hydrogens is 176 g/mol. The minimum atomic E-state index is -1.30. The van der Waals surface area contributed by atoms with Gasteiger partial charge >= 0.3 is 0 Å². The molecule has 0 aliphatic rings. The zero-order valence-electron chi connectivity index (χ0n) is 9.10. The first kappa shape index (κ1) is 10.3. The largest absolute Gasteiger partial charge is 0.508 e. The highest BCUT2D eigenvalue weighted by atomic mass is 28.3. The maximum Gasteiger partial charge on any atom is 0.115 e. The van der Waals surface area contributed by atoms with E-state index < -0.39 is 8.07 Å². The van der Waals surface area contributed by atoms with Crippen molar-refractivity contribution in [2.45, 2.75) is 33.5 Å². The molecule has 0 bridgehead atoms. The number of phenols is 1. The quantitative estimate of drug-likeness (QED) is 0.681. The Morgan fingerprint density at radius 2 is 1.62 bits per heavy atom. The van der Waals surface area contributed by atoms with Gasteiger partial charge in [0.15, 0.2) is 0 Å². The van der Waals surface area contributed by atoms with Crippen LogP contribution in [0.4, 0.5) is 0 Å². The zero-order chi connectivity index (χ0) is 10.2. The number of aromatic hydroxyl groups is 1. The number of aryl methyl sites for hydroxylation is 1. The average Bonchev–Trinajstić information content (AvgIpc) is 1.94. The summed E-state index contributed by atoms with van der Waals surface area (Å²) in [4.78, 5) is 0. The Balaban J connectivity index is 3.37. The first-order valence-electron chi connectivity index (χ1n) is 4.63. The summed E-state index contributed by atoms with van der Waals surface area (Å²) in [7, 11) is -1.30. The Morgan fingerprint density at radius 3 is 2.08 bits per heavy atom. The van der Waals surface area contributed by atoms with Crippen LogP contribution in [0.25, 0.3) is 0 Å². The van der Waals surface area contributed by atoms with E-state index in [-0.39, 0.29) is 0 Å². The highest BCUT2D eigenvalue weighted by Crippen LogP contribution is 2.17. The summed E-state index contributed by atoms with van der Waals surface area (Å²) >= 11 is 0. The van der Waals surface area contributed by atoms with Crippen LogP contribution >= 0.6 is 0 Å². The predicted octanol–water partition coefficient (Wildman–Crippen LogP) is 2.55. The summed E-state index contributed by atoms with van der Waals surface area (Å²) in [5.41, 5.74) is 2.54. The Bertz CT molecular complexity index is 324. The molecule has 0 aromatic heterocycles. The van der Waals surface area contributed by atoms with Gasteiger partial charge in [0.1, 0.15) is 5.75 Å². The molecule has 0 amide bonds. The molecule has 1 N–H and O–H groups in total. The van der Waals surface area contributed by atoms with Crippen molar-refractivity contribution < 1.29 is 5.11 Å². The summed E-state index contributed by atoms with van der Waals surface area (Å²) in [6.07, 6.45) is 0. The second kappa shape index (κ2) is 3.18. The minimum Gasteiger partial charge on any atom is -0.508 e. The number of rotatable bonds is 1. The topological polar surface area (TPSA) is 20.2 Å². The molecule has 1 nitrogen and oxygen atoms in total. The van der Waals surface area contributed by atoms with Crippen molar-refractivity contribution >= 4 is 13.3 Å². The molecule has 0 spiro atoms. The van der Waals surface area contributed by atoms with Crippen molar-refractivity contribution in [1.82, 2.24) is 0 Å². The third kappa shape index (κ3) is 2.13. The SMILES string of the molecule is Cc1cc(O)cc([Si](C)(C)C)c1C. The molecular formula is C11H18OSi. The molecule has 1 aromatic rings. The normalized spacial score (nSPS) is 11.8. The summed E-state index contributed by atoms with van der Waals surface area (Å²) in [5, 5.41) is 10.9. The Hall–Kier alpha value is -0.763. The van der Waals surface area contributed by atoms with Crippen molar-refractivity contribution in [3.8, 4) is 5.75 Å². The van der Waals surface area contributed by atoms with Gasteiger partial charge in [-0.2, -0.15) is 0 Å². The van der Waals surface area contributed by atoms with Gasteiger partial charge in [-0.1, -0.05) is 24.8 Å². The average molecular weight is 194 g/mol. The van der Waals surface area contributed by atoms with Gasteiger partial charge in [0, 0.05) is 0 Å². The molecule has 0 aliphatic heterocycles. The molecule has 0 saturated carbocycles. The van der Waals surface area contributed by atoms with E-state index in [4.69, 9.17) is 0 Å². The molecule has 13 heavy (non-hydrogen) atoms. The van der Waals surface area contributed by atoms with Crippen LogP contribution in [0.1, 0.15) is 11.1 Å². The van der Waals surface area contributed by atoms with E-state index >= 15 is 0 Å². The van der Waals surface area contributed by atoms with E-state index in [1.54, 1.807) is 0 Å². The smallest absolute Gasteiger partial charge is 0.115 e. The second-order valence-electron chi connectivity index (χ2n) is 4.69. The molecule has 72 valence electrons. The highest BCUT2D eigenvalue weighted by molar-refractivity contribution is 6.89. The van der Waals surface area contributed by atoms with E-state index in [2.05, 4.69) is 33.5 Å². The Morgan fingerprint density at radius 1 is 1.08 bits per heavy atom. The Labute approximate surface area is 81.4 Å². The molecule has 0 fully saturated rings. The van der Waals surface area contributed by atoms with E-state index in [0.717, 1.165) is 0 Å². The third-order valence-electron chi connectivity index (χ3n) is 2.46. The monoisotopic (exact) mass is 194 g/mol. The van der Waals surface area contributed by atoms with Crippen LogP contribution in [0.2, 0.25) is 19.6 Å². The lowest BCUT2D eigenvalue weighted by molar-refractivity contribution is 0.475. The minimum absolute atomic E-state index is 0.403. The third-order valence-corrected chi connectivity index (χ3v) is 4.60. The molecule has 0 aliphatic carbocycles. The van der Waals surface area contributed by atoms with Gasteiger partial charge in [-0.05, 0) is 37.1 Å². The van der Waals surface area contributed by atoms with Crippen molar-refractivity contribution in [3.63, 3.8) is 0 Å². The fraction of sp³-hybridized carbons (Fsp3) is 0.455. The maximum absolute atomic E-state index is 9.50. The zero-order valence-corrected chi connectivity index (χ0v) is 10.1. The number of benzene rings is 1. The van der Waals surface area contributed by atoms with Crippen LogP contribution in [-0.2, 0) is 0 Å². The fourth-order valence-corrected chi connectivity index (χ4v) is 3.52. The van der Waals surface area contributed by atoms with Crippen molar-refractivity contribution in [1.29, 1.82) is 0 Å². The summed E-state index contributed by atoms with van der Waals surface area (Å²) < 4.78 is 0. The first-order valence-corrected chi connectivity index (χ1v) is 8.13. The van der Waals surface area contributed by atoms with Gasteiger partial charge in [-0.25, -0.2) is 0 Å². The summed E-state index contributed by atoms with van der Waals surface area (Å²) in [6, 6.07) is 3.76. The van der Waals surface area contributed by atoms with Crippen LogP contribution in [0, 0.1) is 13.8 Å². The molecule has 0 atom stereocenters. The van der Waals surface area contributed by atoms with Gasteiger partial charge in [-0.15, -0.1) is 0 Å². The van der Waals surface area contributed by atoms with Crippen LogP contribution < -0.4 is 5.19 Å². The van der Waals surface area contributed by atoms with Crippen molar-refractivity contribution in [2.75, 3.05) is 0 Å². The van der Waals surface area contributed by atoms with Crippen LogP contribution in [0.3, 0.4) is 0 Å².